The Labute approximate surface area is 147 Å². The molecule has 6 nitrogen and oxygen atoms in total. The van der Waals surface area contributed by atoms with Crippen molar-refractivity contribution < 1.29 is 17.9 Å². The molecule has 1 heterocycles. The zero-order chi connectivity index (χ0) is 17.7. The van der Waals surface area contributed by atoms with Crippen molar-refractivity contribution in [3.8, 4) is 0 Å². The first-order chi connectivity index (χ1) is 12.0. The summed E-state index contributed by atoms with van der Waals surface area (Å²) in [5, 5.41) is 3.78. The number of hydrogen-bond acceptors (Lipinski definition) is 5. The molecule has 0 amide bonds. The maximum atomic E-state index is 12.1. The average Bonchev–Trinajstić information content (AvgIpc) is 3.34. The number of rotatable bonds is 8. The Morgan fingerprint density at radius 3 is 2.60 bits per heavy atom. The summed E-state index contributed by atoms with van der Waals surface area (Å²) in [7, 11) is -3.65. The molecule has 2 atom stereocenters. The van der Waals surface area contributed by atoms with Crippen molar-refractivity contribution in [2.45, 2.75) is 30.6 Å². The number of ether oxygens (including phenoxy) is 2. The fraction of sp³-hybridized carbons (Fsp3) is 0.278. The van der Waals surface area contributed by atoms with Crippen molar-refractivity contribution in [3.63, 3.8) is 0 Å². The highest BCUT2D eigenvalue weighted by Crippen LogP contribution is 2.20. The molecule has 0 spiro atoms. The monoisotopic (exact) mass is 360 g/mol. The Bertz CT molecular complexity index is 820. The second-order valence-electron chi connectivity index (χ2n) is 5.83. The summed E-state index contributed by atoms with van der Waals surface area (Å²) >= 11 is 0. The van der Waals surface area contributed by atoms with Crippen LogP contribution in [0.15, 0.2) is 64.6 Å². The van der Waals surface area contributed by atoms with Crippen LogP contribution in [0.25, 0.3) is 0 Å². The molecule has 0 saturated carbocycles. The molecule has 1 fully saturated rings. The van der Waals surface area contributed by atoms with E-state index in [1.54, 1.807) is 24.3 Å². The third-order valence-electron chi connectivity index (χ3n) is 3.74. The van der Waals surface area contributed by atoms with Gasteiger partial charge < -0.3 is 9.47 Å². The van der Waals surface area contributed by atoms with E-state index in [0.717, 1.165) is 11.1 Å². The molecule has 0 aromatic heterocycles. The molecule has 0 bridgehead atoms. The molecular formula is C18H20N2O4S. The van der Waals surface area contributed by atoms with Crippen LogP contribution in [-0.2, 0) is 26.1 Å². The minimum atomic E-state index is -3.65. The molecule has 1 aliphatic rings. The third kappa shape index (κ3) is 5.12. The van der Waals surface area contributed by atoms with Gasteiger partial charge in [-0.15, -0.1) is 0 Å². The third-order valence-corrected chi connectivity index (χ3v) is 4.98. The van der Waals surface area contributed by atoms with E-state index in [2.05, 4.69) is 9.93 Å². The van der Waals surface area contributed by atoms with Crippen molar-refractivity contribution in [2.75, 3.05) is 6.61 Å². The number of sulfonamides is 1. The van der Waals surface area contributed by atoms with E-state index < -0.39 is 10.0 Å². The van der Waals surface area contributed by atoms with Gasteiger partial charge in [-0.3, -0.25) is 0 Å². The first-order valence-electron chi connectivity index (χ1n) is 7.93. The molecule has 3 rings (SSSR count). The molecule has 132 valence electrons. The van der Waals surface area contributed by atoms with E-state index in [9.17, 15) is 8.42 Å². The first kappa shape index (κ1) is 17.6. The van der Waals surface area contributed by atoms with Crippen molar-refractivity contribution in [1.29, 1.82) is 0 Å². The van der Waals surface area contributed by atoms with Crippen LogP contribution in [0.1, 0.15) is 11.1 Å². The van der Waals surface area contributed by atoms with Gasteiger partial charge in [0.15, 0.2) is 0 Å². The second-order valence-corrected chi connectivity index (χ2v) is 7.49. The Balaban J connectivity index is 1.41. The lowest BCUT2D eigenvalue weighted by Gasteiger charge is -2.03. The van der Waals surface area contributed by atoms with Gasteiger partial charge in [-0.1, -0.05) is 48.0 Å². The molecule has 1 saturated heterocycles. The lowest BCUT2D eigenvalue weighted by Crippen LogP contribution is -2.19. The molecule has 2 aromatic carbocycles. The summed E-state index contributed by atoms with van der Waals surface area (Å²) in [6, 6.07) is 16.4. The van der Waals surface area contributed by atoms with Gasteiger partial charge in [0, 0.05) is 0 Å². The van der Waals surface area contributed by atoms with Crippen LogP contribution in [0.5, 0.6) is 0 Å². The van der Waals surface area contributed by atoms with Crippen LogP contribution in [0.3, 0.4) is 0 Å². The Kier molecular flexibility index (Phi) is 5.47. The van der Waals surface area contributed by atoms with Crippen LogP contribution < -0.4 is 4.83 Å². The summed E-state index contributed by atoms with van der Waals surface area (Å²) < 4.78 is 35.1. The molecule has 1 aliphatic heterocycles. The Morgan fingerprint density at radius 1 is 1.16 bits per heavy atom. The predicted molar refractivity (Wildman–Crippen MR) is 94.8 cm³/mol. The van der Waals surface area contributed by atoms with Crippen LogP contribution >= 0.6 is 0 Å². The van der Waals surface area contributed by atoms with E-state index in [1.807, 2.05) is 37.3 Å². The average molecular weight is 360 g/mol. The van der Waals surface area contributed by atoms with E-state index in [0.29, 0.717) is 13.2 Å². The van der Waals surface area contributed by atoms with Gasteiger partial charge in [0.25, 0.3) is 10.0 Å². The number of aryl methyl sites for hydroxylation is 1. The van der Waals surface area contributed by atoms with Gasteiger partial charge in [0.1, 0.15) is 12.2 Å². The summed E-state index contributed by atoms with van der Waals surface area (Å²) in [5.74, 6) is 0. The summed E-state index contributed by atoms with van der Waals surface area (Å²) in [6.07, 6.45) is 1.13. The molecule has 25 heavy (non-hydrogen) atoms. The van der Waals surface area contributed by atoms with Crippen LogP contribution in [0, 0.1) is 6.92 Å². The Hall–Kier alpha value is -2.22. The fourth-order valence-electron chi connectivity index (χ4n) is 2.23. The number of nitrogens with one attached hydrogen (secondary N) is 1. The van der Waals surface area contributed by atoms with E-state index in [4.69, 9.17) is 9.47 Å². The summed E-state index contributed by atoms with van der Waals surface area (Å²) in [4.78, 5) is 2.37. The van der Waals surface area contributed by atoms with Gasteiger partial charge in [0.05, 0.1) is 24.3 Å². The number of benzene rings is 2. The van der Waals surface area contributed by atoms with E-state index in [1.165, 1.54) is 6.21 Å². The highest BCUT2D eigenvalue weighted by Gasteiger charge is 2.37. The highest BCUT2D eigenvalue weighted by molar-refractivity contribution is 7.89. The van der Waals surface area contributed by atoms with E-state index >= 15 is 0 Å². The number of hydrazone groups is 1. The molecular weight excluding hydrogens is 340 g/mol. The largest absolute Gasteiger partial charge is 0.374 e. The van der Waals surface area contributed by atoms with Gasteiger partial charge in [-0.2, -0.15) is 13.5 Å². The van der Waals surface area contributed by atoms with Crippen molar-refractivity contribution in [2.24, 2.45) is 5.10 Å². The SMILES string of the molecule is Cc1ccc(S(=O)(=O)N/N=C\[C@H]2O[C@H]2COCc2ccccc2)cc1. The van der Waals surface area contributed by atoms with Crippen molar-refractivity contribution in [1.82, 2.24) is 4.83 Å². The zero-order valence-corrected chi connectivity index (χ0v) is 14.6. The fourth-order valence-corrected chi connectivity index (χ4v) is 3.03. The number of nitrogens with zero attached hydrogens (tertiary/aromatic N) is 1. The molecule has 2 aromatic rings. The molecule has 0 radical (unpaired) electrons. The lowest BCUT2D eigenvalue weighted by molar-refractivity contribution is 0.104. The van der Waals surface area contributed by atoms with Gasteiger partial charge in [0.2, 0.25) is 0 Å². The predicted octanol–water partition coefficient (Wildman–Crippen LogP) is 2.24. The van der Waals surface area contributed by atoms with Gasteiger partial charge in [-0.25, -0.2) is 4.83 Å². The van der Waals surface area contributed by atoms with Crippen LogP contribution in [0.2, 0.25) is 0 Å². The quantitative estimate of drug-likeness (QED) is 0.445. The van der Waals surface area contributed by atoms with Gasteiger partial charge in [-0.05, 0) is 24.6 Å². The Morgan fingerprint density at radius 2 is 1.88 bits per heavy atom. The highest BCUT2D eigenvalue weighted by atomic mass is 32.2. The molecule has 7 heteroatoms. The molecule has 0 aliphatic carbocycles. The summed E-state index contributed by atoms with van der Waals surface area (Å²) in [5.41, 5.74) is 2.09. The van der Waals surface area contributed by atoms with Crippen molar-refractivity contribution in [3.05, 3.63) is 65.7 Å². The van der Waals surface area contributed by atoms with Crippen LogP contribution in [-0.4, -0.2) is 33.4 Å². The number of hydrogen-bond donors (Lipinski definition) is 1. The molecule has 0 unspecified atom stereocenters. The first-order valence-corrected chi connectivity index (χ1v) is 9.42. The molecule has 1 N–H and O–H groups in total. The van der Waals surface area contributed by atoms with Crippen LogP contribution in [0.4, 0.5) is 0 Å². The van der Waals surface area contributed by atoms with Crippen molar-refractivity contribution >= 4 is 16.2 Å². The number of epoxide rings is 1. The maximum absolute atomic E-state index is 12.1. The zero-order valence-electron chi connectivity index (χ0n) is 13.8. The lowest BCUT2D eigenvalue weighted by atomic mass is 10.2. The topological polar surface area (TPSA) is 80.3 Å². The minimum Gasteiger partial charge on any atom is -0.374 e. The normalized spacial score (nSPS) is 19.9. The second kappa shape index (κ2) is 7.77. The minimum absolute atomic E-state index is 0.0867. The smallest absolute Gasteiger partial charge is 0.276 e. The van der Waals surface area contributed by atoms with E-state index in [-0.39, 0.29) is 17.1 Å². The maximum Gasteiger partial charge on any atom is 0.276 e. The van der Waals surface area contributed by atoms with Gasteiger partial charge >= 0.3 is 0 Å². The summed E-state index contributed by atoms with van der Waals surface area (Å²) in [6.45, 7) is 2.85. The standard InChI is InChI=1S/C18H20N2O4S/c1-14-7-9-16(10-8-14)25(21,22)20-19-11-17-18(24-17)13-23-12-15-5-3-2-4-6-15/h2-11,17-18,20H,12-13H2,1H3/b19-11-/t17-,18+/m1/s1.